The Morgan fingerprint density at radius 2 is 1.94 bits per heavy atom. The summed E-state index contributed by atoms with van der Waals surface area (Å²) in [4.78, 5) is -0.471. The monoisotopic (exact) mass is 274 g/mol. The molecule has 18 heavy (non-hydrogen) atoms. The van der Waals surface area contributed by atoms with Crippen molar-refractivity contribution in [2.24, 2.45) is 0 Å². The van der Waals surface area contributed by atoms with E-state index in [2.05, 4.69) is 0 Å². The second-order valence-corrected chi connectivity index (χ2v) is 6.17. The molecule has 0 atom stereocenters. The summed E-state index contributed by atoms with van der Waals surface area (Å²) in [6, 6.07) is 3.79. The number of anilines is 1. The largest absolute Gasteiger partial charge is 0.398 e. The van der Waals surface area contributed by atoms with Crippen molar-refractivity contribution in [1.29, 1.82) is 0 Å². The summed E-state index contributed by atoms with van der Waals surface area (Å²) in [7, 11) is -3.92. The van der Waals surface area contributed by atoms with Crippen LogP contribution >= 0.6 is 0 Å². The number of aliphatic hydroxyl groups is 1. The molecule has 0 bridgehead atoms. The quantitative estimate of drug-likeness (QED) is 0.772. The Balaban J connectivity index is 2.37. The van der Waals surface area contributed by atoms with E-state index in [1.807, 2.05) is 0 Å². The zero-order chi connectivity index (χ0) is 13.3. The Morgan fingerprint density at radius 1 is 1.33 bits per heavy atom. The van der Waals surface area contributed by atoms with Crippen molar-refractivity contribution in [3.05, 3.63) is 24.0 Å². The van der Waals surface area contributed by atoms with E-state index < -0.39 is 26.8 Å². The third kappa shape index (κ3) is 2.33. The number of nitrogens with zero attached hydrogens (tertiary/aromatic N) is 1. The van der Waals surface area contributed by atoms with E-state index in [4.69, 9.17) is 5.73 Å². The number of benzene rings is 1. The number of nitrogens with two attached hydrogens (primary N) is 1. The van der Waals surface area contributed by atoms with Gasteiger partial charge in [0.2, 0.25) is 10.0 Å². The normalized spacial score (nSPS) is 19.0. The minimum absolute atomic E-state index is 0.0962. The molecule has 100 valence electrons. The van der Waals surface area contributed by atoms with Gasteiger partial charge in [0.05, 0.1) is 11.8 Å². The molecule has 1 aromatic rings. The summed E-state index contributed by atoms with van der Waals surface area (Å²) >= 11 is 0. The predicted molar refractivity (Wildman–Crippen MR) is 64.8 cm³/mol. The van der Waals surface area contributed by atoms with Crippen molar-refractivity contribution in [3.63, 3.8) is 0 Å². The second kappa shape index (κ2) is 4.83. The van der Waals surface area contributed by atoms with Gasteiger partial charge in [-0.15, -0.1) is 0 Å². The molecule has 3 N–H and O–H groups in total. The highest BCUT2D eigenvalue weighted by Gasteiger charge is 2.32. The van der Waals surface area contributed by atoms with Gasteiger partial charge in [0, 0.05) is 13.1 Å². The minimum Gasteiger partial charge on any atom is -0.398 e. The molecule has 1 aliphatic rings. The molecule has 7 heteroatoms. The summed E-state index contributed by atoms with van der Waals surface area (Å²) in [6.07, 6.45) is 0.218. The number of sulfonamides is 1. The van der Waals surface area contributed by atoms with Crippen LogP contribution in [0.4, 0.5) is 10.1 Å². The zero-order valence-electron chi connectivity index (χ0n) is 9.71. The molecule has 2 rings (SSSR count). The number of piperidine rings is 1. The van der Waals surface area contributed by atoms with Crippen molar-refractivity contribution < 1.29 is 17.9 Å². The van der Waals surface area contributed by atoms with Crippen LogP contribution in [-0.2, 0) is 10.0 Å². The van der Waals surface area contributed by atoms with Crippen molar-refractivity contribution in [2.45, 2.75) is 23.8 Å². The Labute approximate surface area is 105 Å². The van der Waals surface area contributed by atoms with Crippen LogP contribution in [0.5, 0.6) is 0 Å². The van der Waals surface area contributed by atoms with Crippen LogP contribution in [0, 0.1) is 5.82 Å². The van der Waals surface area contributed by atoms with Gasteiger partial charge >= 0.3 is 0 Å². The van der Waals surface area contributed by atoms with Crippen molar-refractivity contribution in [2.75, 3.05) is 18.8 Å². The first kappa shape index (κ1) is 13.3. The molecule has 5 nitrogen and oxygen atoms in total. The summed E-state index contributed by atoms with van der Waals surface area (Å²) in [5, 5.41) is 9.35. The Bertz CT molecular complexity index is 519. The third-order valence-corrected chi connectivity index (χ3v) is 5.01. The first-order valence-corrected chi connectivity index (χ1v) is 7.09. The van der Waals surface area contributed by atoms with E-state index in [0.29, 0.717) is 12.8 Å². The van der Waals surface area contributed by atoms with Crippen LogP contribution in [0.25, 0.3) is 0 Å². The highest BCUT2D eigenvalue weighted by Crippen LogP contribution is 2.27. The van der Waals surface area contributed by atoms with Gasteiger partial charge in [-0.05, 0) is 25.0 Å². The Hall–Kier alpha value is -1.18. The summed E-state index contributed by atoms with van der Waals surface area (Å²) in [5.41, 5.74) is 5.45. The van der Waals surface area contributed by atoms with Gasteiger partial charge < -0.3 is 10.8 Å². The summed E-state index contributed by atoms with van der Waals surface area (Å²) in [6.45, 7) is 0.356. The molecule has 0 aliphatic carbocycles. The van der Waals surface area contributed by atoms with E-state index >= 15 is 0 Å². The molecular formula is C11H15FN2O3S. The maximum absolute atomic E-state index is 13.6. The van der Waals surface area contributed by atoms with Crippen LogP contribution < -0.4 is 5.73 Å². The summed E-state index contributed by atoms with van der Waals surface area (Å²) < 4.78 is 39.3. The van der Waals surface area contributed by atoms with Crippen LogP contribution in [0.3, 0.4) is 0 Å². The van der Waals surface area contributed by atoms with Gasteiger partial charge in [-0.25, -0.2) is 12.8 Å². The van der Waals surface area contributed by atoms with E-state index in [1.165, 1.54) is 12.1 Å². The molecule has 1 saturated heterocycles. The molecule has 0 spiro atoms. The minimum atomic E-state index is -3.92. The molecule has 1 fully saturated rings. The predicted octanol–water partition coefficient (Wildman–Crippen LogP) is 0.553. The van der Waals surface area contributed by atoms with Gasteiger partial charge in [-0.2, -0.15) is 4.31 Å². The number of hydrogen-bond donors (Lipinski definition) is 2. The van der Waals surface area contributed by atoms with E-state index in [0.717, 1.165) is 10.4 Å². The lowest BCUT2D eigenvalue weighted by atomic mass is 10.1. The van der Waals surface area contributed by atoms with E-state index in [-0.39, 0.29) is 18.8 Å². The topological polar surface area (TPSA) is 83.6 Å². The van der Waals surface area contributed by atoms with Crippen LogP contribution in [0.15, 0.2) is 23.1 Å². The van der Waals surface area contributed by atoms with Crippen molar-refractivity contribution >= 4 is 15.7 Å². The van der Waals surface area contributed by atoms with Gasteiger partial charge in [0.1, 0.15) is 10.7 Å². The smallest absolute Gasteiger partial charge is 0.248 e. The highest BCUT2D eigenvalue weighted by atomic mass is 32.2. The Kier molecular flexibility index (Phi) is 3.56. The number of hydrogen-bond acceptors (Lipinski definition) is 4. The van der Waals surface area contributed by atoms with Crippen molar-refractivity contribution in [3.8, 4) is 0 Å². The van der Waals surface area contributed by atoms with E-state index in [1.54, 1.807) is 0 Å². The zero-order valence-corrected chi connectivity index (χ0v) is 10.5. The lowest BCUT2D eigenvalue weighted by Crippen LogP contribution is -2.40. The second-order valence-electron chi connectivity index (χ2n) is 4.29. The van der Waals surface area contributed by atoms with Gasteiger partial charge in [0.15, 0.2) is 0 Å². The lowest BCUT2D eigenvalue weighted by molar-refractivity contribution is 0.113. The number of nitrogen functional groups attached to an aromatic ring is 1. The van der Waals surface area contributed by atoms with Gasteiger partial charge in [-0.1, -0.05) is 6.07 Å². The maximum Gasteiger partial charge on any atom is 0.248 e. The first-order valence-electron chi connectivity index (χ1n) is 5.65. The SMILES string of the molecule is Nc1cccc(F)c1S(=O)(=O)N1CCC(O)CC1. The number of aliphatic hydroxyl groups excluding tert-OH is 1. The number of halogens is 1. The van der Waals surface area contributed by atoms with Gasteiger partial charge in [-0.3, -0.25) is 0 Å². The maximum atomic E-state index is 13.6. The molecule has 0 saturated carbocycles. The molecular weight excluding hydrogens is 259 g/mol. The van der Waals surface area contributed by atoms with Crippen LogP contribution in [-0.4, -0.2) is 37.0 Å². The fourth-order valence-corrected chi connectivity index (χ4v) is 3.64. The lowest BCUT2D eigenvalue weighted by Gasteiger charge is -2.29. The highest BCUT2D eigenvalue weighted by molar-refractivity contribution is 7.89. The third-order valence-electron chi connectivity index (χ3n) is 3.02. The van der Waals surface area contributed by atoms with Gasteiger partial charge in [0.25, 0.3) is 0 Å². The van der Waals surface area contributed by atoms with Crippen LogP contribution in [0.2, 0.25) is 0 Å². The van der Waals surface area contributed by atoms with Crippen molar-refractivity contribution in [1.82, 2.24) is 4.31 Å². The Morgan fingerprint density at radius 3 is 2.50 bits per heavy atom. The fraction of sp³-hybridized carbons (Fsp3) is 0.455. The van der Waals surface area contributed by atoms with E-state index in [9.17, 15) is 17.9 Å². The molecule has 1 aromatic carbocycles. The average molecular weight is 274 g/mol. The average Bonchev–Trinajstić information content (AvgIpc) is 2.29. The molecule has 0 amide bonds. The molecule has 1 aliphatic heterocycles. The molecule has 1 heterocycles. The first-order chi connectivity index (χ1) is 8.43. The molecule has 0 radical (unpaired) electrons. The summed E-state index contributed by atoms with van der Waals surface area (Å²) in [5.74, 6) is -0.846. The number of rotatable bonds is 2. The fourth-order valence-electron chi connectivity index (χ4n) is 2.01. The molecule has 0 unspecified atom stereocenters. The molecule has 0 aromatic heterocycles. The van der Waals surface area contributed by atoms with Crippen LogP contribution in [0.1, 0.15) is 12.8 Å². The standard InChI is InChI=1S/C11H15FN2O3S/c12-9-2-1-3-10(13)11(9)18(16,17)14-6-4-8(15)5-7-14/h1-3,8,15H,4-7,13H2.